The minimum Gasteiger partial charge on any atom is -0.668 e. The van der Waals surface area contributed by atoms with Crippen molar-refractivity contribution in [2.24, 2.45) is 0 Å². The first kappa shape index (κ1) is 26.0. The van der Waals surface area contributed by atoms with E-state index in [1.807, 2.05) is 0 Å². The average Bonchev–Trinajstić information content (AvgIpc) is 3.16. The van der Waals surface area contributed by atoms with Gasteiger partial charge in [-0.3, -0.25) is 4.90 Å². The molecule has 0 unspecified atom stereocenters. The van der Waals surface area contributed by atoms with Crippen LogP contribution in [0.5, 0.6) is 11.5 Å². The summed E-state index contributed by atoms with van der Waals surface area (Å²) in [6.45, 7) is 1.50. The van der Waals surface area contributed by atoms with Gasteiger partial charge in [-0.15, -0.1) is 0 Å². The molecule has 0 spiro atoms. The summed E-state index contributed by atoms with van der Waals surface area (Å²) in [6, 6.07) is 9.34. The van der Waals surface area contributed by atoms with Crippen molar-refractivity contribution in [3.05, 3.63) is 64.2 Å². The third kappa shape index (κ3) is 6.16. The molecule has 1 fully saturated rings. The van der Waals surface area contributed by atoms with Gasteiger partial charge in [-0.25, -0.2) is 19.2 Å². The van der Waals surface area contributed by atoms with Gasteiger partial charge in [0.2, 0.25) is 0 Å². The standard InChI is InChI=1S/C19H18FN3O5.C2H6N.Y/c20-17-13(10-22-7-6-21-18(22)24)2-1-3-14(17)11-23-9-12-4-5-15(28-26)8-16(12)27-19(23)25;1-3-2;/h1-5,8,26H,6-7,9-11H2,(H,21,24);1-2H3;/q;-1;. The summed E-state index contributed by atoms with van der Waals surface area (Å²) in [7, 11) is 3.50. The molecule has 2 heterocycles. The van der Waals surface area contributed by atoms with E-state index in [0.29, 0.717) is 35.5 Å². The minimum absolute atomic E-state index is 0. The van der Waals surface area contributed by atoms with Gasteiger partial charge in [0.1, 0.15) is 11.6 Å². The van der Waals surface area contributed by atoms with E-state index >= 15 is 0 Å². The van der Waals surface area contributed by atoms with Gasteiger partial charge in [-0.2, -0.15) is 14.1 Å². The normalized spacial score (nSPS) is 14.5. The Hall–Kier alpha value is -2.27. The van der Waals surface area contributed by atoms with Gasteiger partial charge >= 0.3 is 12.1 Å². The summed E-state index contributed by atoms with van der Waals surface area (Å²) in [5.41, 5.74) is 1.45. The van der Waals surface area contributed by atoms with E-state index in [2.05, 4.69) is 15.5 Å². The first-order valence-electron chi connectivity index (χ1n) is 9.64. The van der Waals surface area contributed by atoms with Crippen LogP contribution >= 0.6 is 0 Å². The van der Waals surface area contributed by atoms with Crippen molar-refractivity contribution in [2.75, 3.05) is 27.2 Å². The SMILES string of the molecule is C[N-]C.O=C1NCCN1Cc1cccc(CN2Cc3ccc(OO)cc3OC2=O)c1F.[Y]. The number of ether oxygens (including phenoxy) is 1. The number of carbonyl (C=O) groups excluding carboxylic acids is 2. The van der Waals surface area contributed by atoms with E-state index in [0.717, 1.165) is 0 Å². The number of urea groups is 1. The van der Waals surface area contributed by atoms with Gasteiger partial charge in [-0.05, 0) is 12.1 Å². The van der Waals surface area contributed by atoms with Gasteiger partial charge in [0.05, 0.1) is 19.6 Å². The third-order valence-corrected chi connectivity index (χ3v) is 4.79. The number of rotatable bonds is 5. The van der Waals surface area contributed by atoms with Crippen LogP contribution in [0.25, 0.3) is 5.32 Å². The number of benzene rings is 2. The molecule has 0 aliphatic carbocycles. The molecule has 2 aromatic rings. The molecule has 3 amide bonds. The summed E-state index contributed by atoms with van der Waals surface area (Å²) < 4.78 is 20.2. The first-order chi connectivity index (χ1) is 15.0. The second-order valence-corrected chi connectivity index (χ2v) is 7.08. The minimum atomic E-state index is -0.619. The van der Waals surface area contributed by atoms with Crippen LogP contribution in [0.2, 0.25) is 0 Å². The molecule has 11 heteroatoms. The summed E-state index contributed by atoms with van der Waals surface area (Å²) in [4.78, 5) is 31.1. The topological polar surface area (TPSA) is 105 Å². The van der Waals surface area contributed by atoms with Crippen molar-refractivity contribution in [3.63, 3.8) is 0 Å². The zero-order valence-electron chi connectivity index (χ0n) is 17.9. The second kappa shape index (κ2) is 12.1. The Kier molecular flexibility index (Phi) is 9.83. The van der Waals surface area contributed by atoms with Crippen LogP contribution in [0.15, 0.2) is 36.4 Å². The molecule has 0 saturated carbocycles. The van der Waals surface area contributed by atoms with Gasteiger partial charge in [0.15, 0.2) is 5.75 Å². The molecule has 4 rings (SSSR count). The number of halogens is 1. The van der Waals surface area contributed by atoms with Crippen LogP contribution in [0, 0.1) is 5.82 Å². The molecule has 32 heavy (non-hydrogen) atoms. The number of carbonyl (C=O) groups is 2. The Balaban J connectivity index is 0.000000860. The van der Waals surface area contributed by atoms with E-state index in [9.17, 15) is 14.0 Å². The molecule has 2 aliphatic rings. The van der Waals surface area contributed by atoms with Crippen molar-refractivity contribution >= 4 is 12.1 Å². The fraction of sp³-hybridized carbons (Fsp3) is 0.333. The Morgan fingerprint density at radius 3 is 2.41 bits per heavy atom. The number of hydrogen-bond donors (Lipinski definition) is 2. The quantitative estimate of drug-likeness (QED) is 0.465. The fourth-order valence-corrected chi connectivity index (χ4v) is 3.32. The maximum Gasteiger partial charge on any atom is 0.415 e. The van der Waals surface area contributed by atoms with Gasteiger partial charge in [0.25, 0.3) is 0 Å². The monoisotopic (exact) mass is 520 g/mol. The van der Waals surface area contributed by atoms with Crippen LogP contribution in [0.3, 0.4) is 0 Å². The summed E-state index contributed by atoms with van der Waals surface area (Å²) in [6.07, 6.45) is -0.619. The molecular formula is C21H24FN4O5Y-. The Morgan fingerprint density at radius 2 is 1.81 bits per heavy atom. The largest absolute Gasteiger partial charge is 0.668 e. The molecule has 169 valence electrons. The van der Waals surface area contributed by atoms with Crippen LogP contribution in [-0.2, 0) is 52.3 Å². The molecule has 9 nitrogen and oxygen atoms in total. The molecule has 0 bridgehead atoms. The fourth-order valence-electron chi connectivity index (χ4n) is 3.32. The number of hydrogen-bond acceptors (Lipinski definition) is 5. The Bertz CT molecular complexity index is 962. The van der Waals surface area contributed by atoms with Crippen molar-refractivity contribution in [3.8, 4) is 11.5 Å². The van der Waals surface area contributed by atoms with Gasteiger partial charge < -0.3 is 25.2 Å². The van der Waals surface area contributed by atoms with Gasteiger partial charge in [-0.1, -0.05) is 18.2 Å². The summed E-state index contributed by atoms with van der Waals surface area (Å²) in [5, 5.41) is 14.9. The van der Waals surface area contributed by atoms with Crippen LogP contribution in [0.4, 0.5) is 14.0 Å². The van der Waals surface area contributed by atoms with Crippen LogP contribution in [-0.4, -0.2) is 54.4 Å². The van der Waals surface area contributed by atoms with Crippen molar-refractivity contribution < 1.29 is 61.6 Å². The maximum absolute atomic E-state index is 14.9. The van der Waals surface area contributed by atoms with Crippen molar-refractivity contribution in [1.29, 1.82) is 0 Å². The third-order valence-electron chi connectivity index (χ3n) is 4.79. The predicted octanol–water partition coefficient (Wildman–Crippen LogP) is 3.33. The molecule has 2 aromatic carbocycles. The first-order valence-corrected chi connectivity index (χ1v) is 9.64. The van der Waals surface area contributed by atoms with Crippen molar-refractivity contribution in [1.82, 2.24) is 15.1 Å². The molecule has 2 aliphatic heterocycles. The maximum atomic E-state index is 14.9. The average molecular weight is 520 g/mol. The molecular weight excluding hydrogens is 496 g/mol. The number of nitrogens with one attached hydrogen (secondary N) is 1. The Labute approximate surface area is 210 Å². The van der Waals surface area contributed by atoms with Gasteiger partial charge in [0, 0.05) is 68.6 Å². The predicted molar refractivity (Wildman–Crippen MR) is 110 cm³/mol. The summed E-state index contributed by atoms with van der Waals surface area (Å²) in [5.74, 6) is 0.0107. The molecule has 0 atom stereocenters. The Morgan fingerprint density at radius 1 is 1.16 bits per heavy atom. The van der Waals surface area contributed by atoms with E-state index in [-0.39, 0.29) is 64.1 Å². The molecule has 1 radical (unpaired) electrons. The van der Waals surface area contributed by atoms with E-state index in [1.165, 1.54) is 15.9 Å². The van der Waals surface area contributed by atoms with Crippen LogP contribution in [0.1, 0.15) is 16.7 Å². The zero-order chi connectivity index (χ0) is 22.4. The second-order valence-electron chi connectivity index (χ2n) is 7.08. The number of nitrogens with zero attached hydrogens (tertiary/aromatic N) is 3. The van der Waals surface area contributed by atoms with Crippen molar-refractivity contribution in [2.45, 2.75) is 19.6 Å². The smallest absolute Gasteiger partial charge is 0.415 e. The van der Waals surface area contributed by atoms with Crippen LogP contribution < -0.4 is 14.9 Å². The van der Waals surface area contributed by atoms with E-state index in [4.69, 9.17) is 9.99 Å². The number of amides is 3. The molecule has 2 N–H and O–H groups in total. The van der Waals surface area contributed by atoms with E-state index in [1.54, 1.807) is 44.4 Å². The van der Waals surface area contributed by atoms with E-state index < -0.39 is 11.9 Å². The molecule has 1 saturated heterocycles. The summed E-state index contributed by atoms with van der Waals surface area (Å²) >= 11 is 0. The molecule has 0 aromatic heterocycles. The zero-order valence-corrected chi connectivity index (χ0v) is 20.7. The number of fused-ring (bicyclic) bond motifs is 1.